The Kier molecular flexibility index (Phi) is 6.32. The molecule has 1 N–H and O–H groups in total. The normalized spacial score (nSPS) is 13.3. The van der Waals surface area contributed by atoms with Crippen LogP contribution in [0.15, 0.2) is 24.3 Å². The maximum atomic E-state index is 5.47. The number of benzene rings is 1. The van der Waals surface area contributed by atoms with E-state index in [4.69, 9.17) is 9.47 Å². The molecule has 0 aliphatic rings. The second-order valence-corrected chi connectivity index (χ2v) is 5.35. The SMILES string of the molecule is CCOc1ccc(C(CCC(C)(C)OC)NC)cc1. The molecule has 0 heterocycles. The van der Waals surface area contributed by atoms with Crippen LogP contribution < -0.4 is 10.1 Å². The molecule has 0 saturated heterocycles. The first-order valence-corrected chi connectivity index (χ1v) is 6.97. The van der Waals surface area contributed by atoms with Crippen LogP contribution in [0.3, 0.4) is 0 Å². The van der Waals surface area contributed by atoms with E-state index in [0.29, 0.717) is 12.6 Å². The van der Waals surface area contributed by atoms with Gasteiger partial charge in [0, 0.05) is 13.2 Å². The molecule has 1 unspecified atom stereocenters. The van der Waals surface area contributed by atoms with Gasteiger partial charge in [-0.1, -0.05) is 12.1 Å². The van der Waals surface area contributed by atoms with Crippen molar-refractivity contribution in [3.8, 4) is 5.75 Å². The number of hydrogen-bond donors (Lipinski definition) is 1. The summed E-state index contributed by atoms with van der Waals surface area (Å²) in [5.41, 5.74) is 1.22. The average molecular weight is 265 g/mol. The van der Waals surface area contributed by atoms with Gasteiger partial charge >= 0.3 is 0 Å². The van der Waals surface area contributed by atoms with Gasteiger partial charge in [-0.3, -0.25) is 0 Å². The third kappa shape index (κ3) is 5.21. The fourth-order valence-electron chi connectivity index (χ4n) is 2.03. The lowest BCUT2D eigenvalue weighted by atomic mass is 9.95. The predicted octanol–water partition coefficient (Wildman–Crippen LogP) is 3.55. The van der Waals surface area contributed by atoms with Gasteiger partial charge in [-0.25, -0.2) is 0 Å². The van der Waals surface area contributed by atoms with Crippen molar-refractivity contribution in [1.82, 2.24) is 5.32 Å². The van der Waals surface area contributed by atoms with Crippen molar-refractivity contribution in [3.05, 3.63) is 29.8 Å². The van der Waals surface area contributed by atoms with E-state index in [9.17, 15) is 0 Å². The maximum Gasteiger partial charge on any atom is 0.119 e. The average Bonchev–Trinajstić information content (AvgIpc) is 2.41. The van der Waals surface area contributed by atoms with Crippen molar-refractivity contribution in [2.75, 3.05) is 20.8 Å². The lowest BCUT2D eigenvalue weighted by molar-refractivity contribution is 0.0118. The molecule has 3 heteroatoms. The molecule has 0 amide bonds. The maximum absolute atomic E-state index is 5.47. The molecular weight excluding hydrogens is 238 g/mol. The minimum absolute atomic E-state index is 0.0691. The monoisotopic (exact) mass is 265 g/mol. The van der Waals surface area contributed by atoms with Gasteiger partial charge in [0.05, 0.1) is 12.2 Å². The Balaban J connectivity index is 2.64. The van der Waals surface area contributed by atoms with E-state index >= 15 is 0 Å². The summed E-state index contributed by atoms with van der Waals surface area (Å²) in [7, 11) is 3.77. The van der Waals surface area contributed by atoms with Crippen molar-refractivity contribution in [1.29, 1.82) is 0 Å². The summed E-state index contributed by atoms with van der Waals surface area (Å²) in [5.74, 6) is 0.929. The van der Waals surface area contributed by atoms with E-state index in [1.807, 2.05) is 26.1 Å². The Bertz CT molecular complexity index is 360. The fourth-order valence-corrected chi connectivity index (χ4v) is 2.03. The molecule has 108 valence electrons. The van der Waals surface area contributed by atoms with E-state index in [-0.39, 0.29) is 5.60 Å². The second kappa shape index (κ2) is 7.51. The van der Waals surface area contributed by atoms with Crippen LogP contribution in [0.25, 0.3) is 0 Å². The summed E-state index contributed by atoms with van der Waals surface area (Å²) < 4.78 is 10.9. The molecule has 3 nitrogen and oxygen atoms in total. The Morgan fingerprint density at radius 3 is 2.32 bits per heavy atom. The quantitative estimate of drug-likeness (QED) is 0.779. The molecule has 0 saturated carbocycles. The van der Waals surface area contributed by atoms with Crippen molar-refractivity contribution in [3.63, 3.8) is 0 Å². The summed E-state index contributed by atoms with van der Waals surface area (Å²) in [6.07, 6.45) is 2.06. The second-order valence-electron chi connectivity index (χ2n) is 5.35. The molecule has 1 aromatic rings. The van der Waals surface area contributed by atoms with Gasteiger partial charge in [0.2, 0.25) is 0 Å². The van der Waals surface area contributed by atoms with Crippen LogP contribution in [0.2, 0.25) is 0 Å². The fraction of sp³-hybridized carbons (Fsp3) is 0.625. The van der Waals surface area contributed by atoms with Crippen molar-refractivity contribution >= 4 is 0 Å². The van der Waals surface area contributed by atoms with Gasteiger partial charge in [-0.15, -0.1) is 0 Å². The highest BCUT2D eigenvalue weighted by molar-refractivity contribution is 5.29. The van der Waals surface area contributed by atoms with Crippen molar-refractivity contribution < 1.29 is 9.47 Å². The van der Waals surface area contributed by atoms with Crippen molar-refractivity contribution in [2.45, 2.75) is 45.3 Å². The molecule has 0 aliphatic carbocycles. The number of ether oxygens (including phenoxy) is 2. The van der Waals surface area contributed by atoms with Crippen LogP contribution in [-0.2, 0) is 4.74 Å². The lowest BCUT2D eigenvalue weighted by Crippen LogP contribution is -2.25. The van der Waals surface area contributed by atoms with Crippen molar-refractivity contribution in [2.24, 2.45) is 0 Å². The smallest absolute Gasteiger partial charge is 0.119 e. The van der Waals surface area contributed by atoms with Gasteiger partial charge < -0.3 is 14.8 Å². The van der Waals surface area contributed by atoms with Crippen LogP contribution in [0, 0.1) is 0 Å². The molecule has 0 radical (unpaired) electrons. The first kappa shape index (κ1) is 16.0. The molecule has 19 heavy (non-hydrogen) atoms. The largest absolute Gasteiger partial charge is 0.494 e. The van der Waals surface area contributed by atoms with Crippen LogP contribution in [0.1, 0.15) is 45.2 Å². The van der Waals surface area contributed by atoms with Gasteiger partial charge in [0.15, 0.2) is 0 Å². The summed E-state index contributed by atoms with van der Waals surface area (Å²) in [6, 6.07) is 8.68. The minimum atomic E-state index is -0.0691. The summed E-state index contributed by atoms with van der Waals surface area (Å²) >= 11 is 0. The first-order valence-electron chi connectivity index (χ1n) is 6.97. The highest BCUT2D eigenvalue weighted by atomic mass is 16.5. The molecular formula is C16H27NO2. The Hall–Kier alpha value is -1.06. The highest BCUT2D eigenvalue weighted by Crippen LogP contribution is 2.25. The van der Waals surface area contributed by atoms with E-state index in [1.54, 1.807) is 7.11 Å². The van der Waals surface area contributed by atoms with Gasteiger partial charge in [-0.2, -0.15) is 0 Å². The third-order valence-electron chi connectivity index (χ3n) is 3.53. The number of rotatable bonds is 8. The zero-order chi connectivity index (χ0) is 14.3. The molecule has 0 spiro atoms. The van der Waals surface area contributed by atoms with E-state index in [0.717, 1.165) is 18.6 Å². The lowest BCUT2D eigenvalue weighted by Gasteiger charge is -2.26. The Labute approximate surface area is 117 Å². The van der Waals surface area contributed by atoms with Gasteiger partial charge in [-0.05, 0) is 58.4 Å². The highest BCUT2D eigenvalue weighted by Gasteiger charge is 2.19. The third-order valence-corrected chi connectivity index (χ3v) is 3.53. The summed E-state index contributed by atoms with van der Waals surface area (Å²) in [5, 5.41) is 3.37. The van der Waals surface area contributed by atoms with Crippen LogP contribution in [-0.4, -0.2) is 26.4 Å². The van der Waals surface area contributed by atoms with Gasteiger partial charge in [0.25, 0.3) is 0 Å². The van der Waals surface area contributed by atoms with Crippen LogP contribution >= 0.6 is 0 Å². The van der Waals surface area contributed by atoms with Crippen LogP contribution in [0.4, 0.5) is 0 Å². The molecule has 1 atom stereocenters. The zero-order valence-electron chi connectivity index (χ0n) is 12.8. The molecule has 1 aromatic carbocycles. The van der Waals surface area contributed by atoms with E-state index in [2.05, 4.69) is 31.3 Å². The summed E-state index contributed by atoms with van der Waals surface area (Å²) in [6.45, 7) is 6.95. The number of hydrogen-bond acceptors (Lipinski definition) is 3. The van der Waals surface area contributed by atoms with E-state index in [1.165, 1.54) is 5.56 Å². The number of methoxy groups -OCH3 is 1. The van der Waals surface area contributed by atoms with E-state index < -0.39 is 0 Å². The standard InChI is InChI=1S/C16H27NO2/c1-6-19-14-9-7-13(8-10-14)15(17-4)11-12-16(2,3)18-5/h7-10,15,17H,6,11-12H2,1-5H3. The molecule has 0 aromatic heterocycles. The molecule has 0 fully saturated rings. The molecule has 0 bridgehead atoms. The Morgan fingerprint density at radius 1 is 1.21 bits per heavy atom. The molecule has 0 aliphatic heterocycles. The topological polar surface area (TPSA) is 30.5 Å². The van der Waals surface area contributed by atoms with Gasteiger partial charge in [0.1, 0.15) is 5.75 Å². The zero-order valence-corrected chi connectivity index (χ0v) is 12.8. The minimum Gasteiger partial charge on any atom is -0.494 e. The number of nitrogens with one attached hydrogen (secondary N) is 1. The predicted molar refractivity (Wildman–Crippen MR) is 79.7 cm³/mol. The summed E-state index contributed by atoms with van der Waals surface area (Å²) in [4.78, 5) is 0. The molecule has 1 rings (SSSR count). The first-order chi connectivity index (χ1) is 9.02. The Morgan fingerprint density at radius 2 is 1.84 bits per heavy atom. The van der Waals surface area contributed by atoms with Crippen LogP contribution in [0.5, 0.6) is 5.75 Å².